The molecule has 4 saturated carbocycles. The van der Waals surface area contributed by atoms with Gasteiger partial charge in [-0.1, -0.05) is 5.92 Å². The molecule has 2 unspecified atom stereocenters. The highest BCUT2D eigenvalue weighted by Crippen LogP contribution is 2.60. The molecule has 4 aliphatic carbocycles. The maximum absolute atomic E-state index is 6.60. The smallest absolute Gasteiger partial charge is 0.131 e. The van der Waals surface area contributed by atoms with Crippen LogP contribution in [0.5, 0.6) is 0 Å². The lowest BCUT2D eigenvalue weighted by molar-refractivity contribution is -0.0349. The molecule has 20 heavy (non-hydrogen) atoms. The molecule has 2 atom stereocenters. The molecule has 5 rings (SSSR count). The van der Waals surface area contributed by atoms with Crippen molar-refractivity contribution >= 4 is 0 Å². The van der Waals surface area contributed by atoms with Crippen LogP contribution in [0.25, 0.3) is 0 Å². The number of aryl methyl sites for hydroxylation is 1. The molecular formula is C17H21N3. The van der Waals surface area contributed by atoms with E-state index in [2.05, 4.69) is 21.8 Å². The Balaban J connectivity index is 1.66. The minimum Gasteiger partial charge on any atom is -0.325 e. The largest absolute Gasteiger partial charge is 0.325 e. The number of rotatable bonds is 0. The molecule has 4 aliphatic rings. The maximum Gasteiger partial charge on any atom is 0.131 e. The first-order chi connectivity index (χ1) is 9.54. The van der Waals surface area contributed by atoms with E-state index in [1.165, 1.54) is 32.1 Å². The zero-order chi connectivity index (χ0) is 13.8. The highest BCUT2D eigenvalue weighted by atomic mass is 14.8. The van der Waals surface area contributed by atoms with Crippen LogP contribution in [0.15, 0.2) is 12.4 Å². The molecule has 0 radical (unpaired) electrons. The van der Waals surface area contributed by atoms with E-state index in [0.717, 1.165) is 29.6 Å². The van der Waals surface area contributed by atoms with E-state index in [1.807, 2.05) is 6.92 Å². The first-order valence-corrected chi connectivity index (χ1v) is 7.65. The lowest BCUT2D eigenvalue weighted by Crippen LogP contribution is -2.59. The average Bonchev–Trinajstić information content (AvgIpc) is 2.34. The standard InChI is InChI=1S/C17H21N3/c1-12-9-19-10-15(20-12)2-3-16-5-13-4-14(6-16)8-17(18,7-13)11-16/h9-10,13-14H,4-8,11,18H2,1H3. The summed E-state index contributed by atoms with van der Waals surface area (Å²) in [7, 11) is 0. The molecule has 3 nitrogen and oxygen atoms in total. The molecule has 2 N–H and O–H groups in total. The van der Waals surface area contributed by atoms with Crippen molar-refractivity contribution in [3.63, 3.8) is 0 Å². The van der Waals surface area contributed by atoms with E-state index in [0.29, 0.717) is 0 Å². The van der Waals surface area contributed by atoms with Crippen molar-refractivity contribution in [3.05, 3.63) is 23.8 Å². The van der Waals surface area contributed by atoms with Crippen LogP contribution < -0.4 is 5.73 Å². The van der Waals surface area contributed by atoms with Crippen LogP contribution in [0, 0.1) is 36.0 Å². The van der Waals surface area contributed by atoms with Gasteiger partial charge in [0.1, 0.15) is 5.69 Å². The van der Waals surface area contributed by atoms with Crippen LogP contribution in [0.1, 0.15) is 49.9 Å². The number of hydrogen-bond donors (Lipinski definition) is 1. The Morgan fingerprint density at radius 1 is 1.20 bits per heavy atom. The van der Waals surface area contributed by atoms with Crippen molar-refractivity contribution in [2.75, 3.05) is 0 Å². The van der Waals surface area contributed by atoms with E-state index in [1.54, 1.807) is 12.4 Å². The summed E-state index contributed by atoms with van der Waals surface area (Å²) in [6, 6.07) is 0. The molecule has 4 fully saturated rings. The minimum atomic E-state index is 0.0665. The lowest BCUT2D eigenvalue weighted by atomic mass is 9.47. The van der Waals surface area contributed by atoms with E-state index < -0.39 is 0 Å². The molecule has 3 heteroatoms. The van der Waals surface area contributed by atoms with E-state index in [-0.39, 0.29) is 11.0 Å². The van der Waals surface area contributed by atoms with Gasteiger partial charge in [0.05, 0.1) is 11.9 Å². The SMILES string of the molecule is Cc1cncc(C#CC23CC4CC(CC(N)(C4)C2)C3)n1. The van der Waals surface area contributed by atoms with Gasteiger partial charge in [0.15, 0.2) is 0 Å². The first kappa shape index (κ1) is 12.3. The van der Waals surface area contributed by atoms with Crippen LogP contribution in [-0.4, -0.2) is 15.5 Å². The number of nitrogens with zero attached hydrogens (tertiary/aromatic N) is 2. The average molecular weight is 267 g/mol. The Labute approximate surface area is 120 Å². The summed E-state index contributed by atoms with van der Waals surface area (Å²) in [6.45, 7) is 1.96. The van der Waals surface area contributed by atoms with Gasteiger partial charge in [-0.25, -0.2) is 4.98 Å². The van der Waals surface area contributed by atoms with Crippen LogP contribution in [0.3, 0.4) is 0 Å². The quantitative estimate of drug-likeness (QED) is 0.735. The van der Waals surface area contributed by atoms with E-state index >= 15 is 0 Å². The summed E-state index contributed by atoms with van der Waals surface area (Å²) >= 11 is 0. The van der Waals surface area contributed by atoms with Gasteiger partial charge >= 0.3 is 0 Å². The van der Waals surface area contributed by atoms with Crippen molar-refractivity contribution in [1.82, 2.24) is 9.97 Å². The van der Waals surface area contributed by atoms with Crippen molar-refractivity contribution in [2.45, 2.75) is 51.0 Å². The summed E-state index contributed by atoms with van der Waals surface area (Å²) < 4.78 is 0. The molecule has 1 aromatic heterocycles. The highest BCUT2D eigenvalue weighted by molar-refractivity contribution is 5.31. The van der Waals surface area contributed by atoms with Crippen LogP contribution in [0.4, 0.5) is 0 Å². The fourth-order valence-electron chi connectivity index (χ4n) is 5.20. The van der Waals surface area contributed by atoms with Crippen molar-refractivity contribution in [2.24, 2.45) is 23.0 Å². The van der Waals surface area contributed by atoms with Gasteiger partial charge in [0, 0.05) is 17.2 Å². The predicted octanol–water partition coefficient (Wildman–Crippen LogP) is 2.43. The third kappa shape index (κ3) is 2.03. The third-order valence-electron chi connectivity index (χ3n) is 5.32. The zero-order valence-electron chi connectivity index (χ0n) is 12.0. The summed E-state index contributed by atoms with van der Waals surface area (Å²) in [5, 5.41) is 0. The zero-order valence-corrected chi connectivity index (χ0v) is 12.0. The van der Waals surface area contributed by atoms with Gasteiger partial charge in [0.2, 0.25) is 0 Å². The van der Waals surface area contributed by atoms with Gasteiger partial charge in [-0.05, 0) is 63.2 Å². The second-order valence-corrected chi connectivity index (χ2v) is 7.40. The Bertz CT molecular complexity index is 596. The molecule has 0 spiro atoms. The third-order valence-corrected chi connectivity index (χ3v) is 5.32. The fraction of sp³-hybridized carbons (Fsp3) is 0.647. The molecule has 1 aromatic rings. The number of nitrogens with two attached hydrogens (primary N) is 1. The molecular weight excluding hydrogens is 246 g/mol. The molecule has 4 bridgehead atoms. The molecule has 0 aliphatic heterocycles. The summed E-state index contributed by atoms with van der Waals surface area (Å²) in [5.41, 5.74) is 8.55. The van der Waals surface area contributed by atoms with Crippen LogP contribution >= 0.6 is 0 Å². The van der Waals surface area contributed by atoms with Gasteiger partial charge in [-0.15, -0.1) is 0 Å². The molecule has 1 heterocycles. The van der Waals surface area contributed by atoms with E-state index in [9.17, 15) is 0 Å². The Kier molecular flexibility index (Phi) is 2.50. The topological polar surface area (TPSA) is 51.8 Å². The van der Waals surface area contributed by atoms with Crippen LogP contribution in [-0.2, 0) is 0 Å². The molecule has 0 amide bonds. The number of aromatic nitrogens is 2. The predicted molar refractivity (Wildman–Crippen MR) is 77.7 cm³/mol. The Morgan fingerprint density at radius 3 is 2.60 bits per heavy atom. The fourth-order valence-corrected chi connectivity index (χ4v) is 5.20. The van der Waals surface area contributed by atoms with Gasteiger partial charge in [0.25, 0.3) is 0 Å². The van der Waals surface area contributed by atoms with Crippen molar-refractivity contribution < 1.29 is 0 Å². The Hall–Kier alpha value is -1.40. The van der Waals surface area contributed by atoms with Gasteiger partial charge in [-0.3, -0.25) is 4.98 Å². The summed E-state index contributed by atoms with van der Waals surface area (Å²) in [4.78, 5) is 8.61. The van der Waals surface area contributed by atoms with Crippen molar-refractivity contribution in [3.8, 4) is 11.8 Å². The van der Waals surface area contributed by atoms with Gasteiger partial charge in [-0.2, -0.15) is 0 Å². The van der Waals surface area contributed by atoms with Crippen molar-refractivity contribution in [1.29, 1.82) is 0 Å². The minimum absolute atomic E-state index is 0.0665. The lowest BCUT2D eigenvalue weighted by Gasteiger charge is -2.59. The Morgan fingerprint density at radius 2 is 1.95 bits per heavy atom. The van der Waals surface area contributed by atoms with Crippen LogP contribution in [0.2, 0.25) is 0 Å². The maximum atomic E-state index is 6.60. The van der Waals surface area contributed by atoms with E-state index in [4.69, 9.17) is 5.73 Å². The summed E-state index contributed by atoms with van der Waals surface area (Å²) in [6.07, 6.45) is 10.9. The summed E-state index contributed by atoms with van der Waals surface area (Å²) in [5.74, 6) is 8.45. The normalized spacial score (nSPS) is 41.3. The first-order valence-electron chi connectivity index (χ1n) is 7.65. The highest BCUT2D eigenvalue weighted by Gasteiger charge is 2.55. The second-order valence-electron chi connectivity index (χ2n) is 7.40. The van der Waals surface area contributed by atoms with Gasteiger partial charge < -0.3 is 5.73 Å². The molecule has 0 saturated heterocycles. The second kappa shape index (κ2) is 4.05. The molecule has 0 aromatic carbocycles. The monoisotopic (exact) mass is 267 g/mol. The molecule has 104 valence electrons. The number of hydrogen-bond acceptors (Lipinski definition) is 3.